The number of hydrazine groups is 1. The lowest BCUT2D eigenvalue weighted by atomic mass is 10.2. The van der Waals surface area contributed by atoms with E-state index in [0.29, 0.717) is 40.2 Å². The Hall–Kier alpha value is -3.13. The van der Waals surface area contributed by atoms with Crippen LogP contribution in [0.4, 0.5) is 0 Å². The average molecular weight is 415 g/mol. The number of rotatable bonds is 5. The molecule has 29 heavy (non-hydrogen) atoms. The number of imidazole rings is 1. The van der Waals surface area contributed by atoms with Gasteiger partial charge in [0.25, 0.3) is 11.8 Å². The number of hydrogen-bond acceptors (Lipinski definition) is 4. The molecule has 0 bridgehead atoms. The fourth-order valence-corrected chi connectivity index (χ4v) is 3.30. The van der Waals surface area contributed by atoms with Gasteiger partial charge in [-0.05, 0) is 38.0 Å². The molecule has 0 aliphatic carbocycles. The van der Waals surface area contributed by atoms with Gasteiger partial charge in [0, 0.05) is 24.4 Å². The Labute approximate surface area is 173 Å². The summed E-state index contributed by atoms with van der Waals surface area (Å²) < 4.78 is 3.38. The van der Waals surface area contributed by atoms with Crippen molar-refractivity contribution in [3.63, 3.8) is 0 Å². The number of halogens is 1. The van der Waals surface area contributed by atoms with E-state index in [1.165, 1.54) is 6.08 Å². The van der Waals surface area contributed by atoms with Crippen LogP contribution in [0.3, 0.4) is 0 Å². The van der Waals surface area contributed by atoms with Crippen LogP contribution in [0.15, 0.2) is 30.5 Å². The molecule has 0 spiro atoms. The number of carbonyl (C=O) groups excluding carboxylic acids is 2. The van der Waals surface area contributed by atoms with Gasteiger partial charge < -0.3 is 0 Å². The number of fused-ring (bicyclic) bond motifs is 1. The molecule has 0 radical (unpaired) electrons. The van der Waals surface area contributed by atoms with E-state index in [1.54, 1.807) is 40.4 Å². The van der Waals surface area contributed by atoms with Gasteiger partial charge in [-0.1, -0.05) is 31.5 Å². The first-order chi connectivity index (χ1) is 13.8. The number of aromatic nitrogens is 4. The molecule has 0 atom stereocenters. The summed E-state index contributed by atoms with van der Waals surface area (Å²) in [6.07, 6.45) is 4.63. The minimum absolute atomic E-state index is 0.360. The molecule has 0 saturated carbocycles. The van der Waals surface area contributed by atoms with Gasteiger partial charge in [-0.25, -0.2) is 4.98 Å². The SMILES string of the molecule is Cc1nn(CC(C)C)c(Cl)c1/C=C/C(=O)NNC(=O)c1c(C)nc2ccccn12. The molecular formula is C20H23ClN6O2. The van der Waals surface area contributed by atoms with Crippen LogP contribution >= 0.6 is 11.6 Å². The van der Waals surface area contributed by atoms with Crippen LogP contribution in [0.5, 0.6) is 0 Å². The van der Waals surface area contributed by atoms with Crippen LogP contribution in [0, 0.1) is 19.8 Å². The highest BCUT2D eigenvalue weighted by Gasteiger charge is 2.17. The Balaban J connectivity index is 1.66. The number of pyridine rings is 1. The highest BCUT2D eigenvalue weighted by atomic mass is 35.5. The number of nitrogens with one attached hydrogen (secondary N) is 2. The molecule has 0 aliphatic rings. The van der Waals surface area contributed by atoms with Gasteiger partial charge in [-0.2, -0.15) is 5.10 Å². The third kappa shape index (κ3) is 4.48. The van der Waals surface area contributed by atoms with Crippen LogP contribution in [0.2, 0.25) is 5.15 Å². The van der Waals surface area contributed by atoms with E-state index in [-0.39, 0.29) is 0 Å². The summed E-state index contributed by atoms with van der Waals surface area (Å²) >= 11 is 6.36. The van der Waals surface area contributed by atoms with Crippen LogP contribution < -0.4 is 10.9 Å². The lowest BCUT2D eigenvalue weighted by molar-refractivity contribution is -0.117. The Kier molecular flexibility index (Phi) is 6.03. The Bertz CT molecular complexity index is 1100. The smallest absolute Gasteiger partial charge is 0.288 e. The Morgan fingerprint density at radius 3 is 2.69 bits per heavy atom. The molecular weight excluding hydrogens is 392 g/mol. The van der Waals surface area contributed by atoms with Crippen molar-refractivity contribution in [2.24, 2.45) is 5.92 Å². The zero-order valence-corrected chi connectivity index (χ0v) is 17.5. The molecule has 3 heterocycles. The lowest BCUT2D eigenvalue weighted by Crippen LogP contribution is -2.41. The second kappa shape index (κ2) is 8.48. The molecule has 0 unspecified atom stereocenters. The highest BCUT2D eigenvalue weighted by Crippen LogP contribution is 2.22. The second-order valence-corrected chi connectivity index (χ2v) is 7.48. The average Bonchev–Trinajstić information content (AvgIpc) is 3.13. The fourth-order valence-electron chi connectivity index (χ4n) is 2.99. The van der Waals surface area contributed by atoms with Crippen molar-refractivity contribution < 1.29 is 9.59 Å². The predicted molar refractivity (Wildman–Crippen MR) is 111 cm³/mol. The van der Waals surface area contributed by atoms with Gasteiger partial charge in [-0.3, -0.25) is 29.5 Å². The molecule has 0 saturated heterocycles. The molecule has 152 valence electrons. The van der Waals surface area contributed by atoms with Crippen LogP contribution in [-0.4, -0.2) is 31.0 Å². The van der Waals surface area contributed by atoms with Crippen molar-refractivity contribution in [1.29, 1.82) is 0 Å². The van der Waals surface area contributed by atoms with Crippen LogP contribution in [0.25, 0.3) is 11.7 Å². The van der Waals surface area contributed by atoms with Crippen molar-refractivity contribution >= 4 is 35.1 Å². The number of amides is 2. The van der Waals surface area contributed by atoms with Gasteiger partial charge in [0.05, 0.1) is 11.4 Å². The summed E-state index contributed by atoms with van der Waals surface area (Å²) in [6.45, 7) is 8.40. The maximum absolute atomic E-state index is 12.5. The topological polar surface area (TPSA) is 93.3 Å². The van der Waals surface area contributed by atoms with E-state index in [1.807, 2.05) is 13.0 Å². The zero-order valence-electron chi connectivity index (χ0n) is 16.7. The van der Waals surface area contributed by atoms with Crippen molar-refractivity contribution in [3.05, 3.63) is 58.3 Å². The molecule has 2 amide bonds. The van der Waals surface area contributed by atoms with E-state index >= 15 is 0 Å². The predicted octanol–water partition coefficient (Wildman–Crippen LogP) is 2.93. The first-order valence-electron chi connectivity index (χ1n) is 9.23. The van der Waals surface area contributed by atoms with Gasteiger partial charge >= 0.3 is 0 Å². The van der Waals surface area contributed by atoms with Crippen molar-refractivity contribution in [2.75, 3.05) is 0 Å². The molecule has 0 fully saturated rings. The molecule has 2 N–H and O–H groups in total. The molecule has 3 aromatic rings. The standard InChI is InChI=1S/C20H23ClN6O2/c1-12(2)11-27-19(21)15(13(3)25-27)8-9-17(28)23-24-20(29)18-14(4)22-16-7-5-6-10-26(16)18/h5-10,12H,11H2,1-4H3,(H,23,28)(H,24,29)/b9-8+. The molecule has 0 aliphatic heterocycles. The Morgan fingerprint density at radius 1 is 1.21 bits per heavy atom. The molecule has 3 rings (SSSR count). The summed E-state index contributed by atoms with van der Waals surface area (Å²) in [4.78, 5) is 29.0. The molecule has 0 aromatic carbocycles. The van der Waals surface area contributed by atoms with Crippen LogP contribution in [-0.2, 0) is 11.3 Å². The largest absolute Gasteiger partial charge is 0.295 e. The molecule has 3 aromatic heterocycles. The van der Waals surface area contributed by atoms with E-state index in [9.17, 15) is 9.59 Å². The van der Waals surface area contributed by atoms with E-state index in [0.717, 1.165) is 5.69 Å². The lowest BCUT2D eigenvalue weighted by Gasteiger charge is -2.06. The highest BCUT2D eigenvalue weighted by molar-refractivity contribution is 6.31. The summed E-state index contributed by atoms with van der Waals surface area (Å²) in [5.41, 5.74) is 7.77. The van der Waals surface area contributed by atoms with Crippen molar-refractivity contribution in [2.45, 2.75) is 34.2 Å². The van der Waals surface area contributed by atoms with E-state index in [2.05, 4.69) is 34.8 Å². The minimum Gasteiger partial charge on any atom is -0.295 e. The fraction of sp³-hybridized carbons (Fsp3) is 0.300. The molecule has 8 nitrogen and oxygen atoms in total. The summed E-state index contributed by atoms with van der Waals surface area (Å²) in [6, 6.07) is 5.45. The van der Waals surface area contributed by atoms with Gasteiger partial charge in [0.15, 0.2) is 0 Å². The number of carbonyl (C=O) groups is 2. The van der Waals surface area contributed by atoms with Crippen LogP contribution in [0.1, 0.15) is 41.3 Å². The normalized spacial score (nSPS) is 11.5. The number of aryl methyl sites for hydroxylation is 2. The Morgan fingerprint density at radius 2 is 1.97 bits per heavy atom. The zero-order chi connectivity index (χ0) is 21.1. The summed E-state index contributed by atoms with van der Waals surface area (Å²) in [5, 5.41) is 4.87. The summed E-state index contributed by atoms with van der Waals surface area (Å²) in [5.74, 6) is -0.552. The third-order valence-electron chi connectivity index (χ3n) is 4.27. The maximum Gasteiger partial charge on any atom is 0.288 e. The number of hydrogen-bond donors (Lipinski definition) is 2. The van der Waals surface area contributed by atoms with Gasteiger partial charge in [0.1, 0.15) is 16.5 Å². The maximum atomic E-state index is 12.5. The second-order valence-electron chi connectivity index (χ2n) is 7.12. The van der Waals surface area contributed by atoms with Crippen molar-refractivity contribution in [1.82, 2.24) is 30.0 Å². The first-order valence-corrected chi connectivity index (χ1v) is 9.60. The van der Waals surface area contributed by atoms with Gasteiger partial charge in [-0.15, -0.1) is 0 Å². The number of nitrogens with zero attached hydrogens (tertiary/aromatic N) is 4. The van der Waals surface area contributed by atoms with Crippen molar-refractivity contribution in [3.8, 4) is 0 Å². The van der Waals surface area contributed by atoms with Gasteiger partial charge in [0.2, 0.25) is 0 Å². The van der Waals surface area contributed by atoms with E-state index in [4.69, 9.17) is 11.6 Å². The first kappa shape index (κ1) is 20.6. The quantitative estimate of drug-likeness (QED) is 0.496. The molecule has 9 heteroatoms. The third-order valence-corrected chi connectivity index (χ3v) is 4.67. The minimum atomic E-state index is -0.489. The monoisotopic (exact) mass is 414 g/mol. The van der Waals surface area contributed by atoms with E-state index < -0.39 is 11.8 Å². The summed E-state index contributed by atoms with van der Waals surface area (Å²) in [7, 11) is 0.